The number of hydrogen-bond donors (Lipinski definition) is 1. The quantitative estimate of drug-likeness (QED) is 0.426. The van der Waals surface area contributed by atoms with Crippen LogP contribution in [0, 0.1) is 11.7 Å². The minimum atomic E-state index is -0.199. The summed E-state index contributed by atoms with van der Waals surface area (Å²) in [7, 11) is 3.57. The van der Waals surface area contributed by atoms with Gasteiger partial charge in [-0.2, -0.15) is 0 Å². The van der Waals surface area contributed by atoms with Crippen LogP contribution in [-0.2, 0) is 10.2 Å². The van der Waals surface area contributed by atoms with E-state index in [0.29, 0.717) is 5.92 Å². The van der Waals surface area contributed by atoms with Crippen LogP contribution >= 0.6 is 24.0 Å². The van der Waals surface area contributed by atoms with Gasteiger partial charge in [-0.25, -0.2) is 4.39 Å². The van der Waals surface area contributed by atoms with E-state index in [4.69, 9.17) is 4.74 Å². The van der Waals surface area contributed by atoms with Crippen LogP contribution in [0.1, 0.15) is 25.8 Å². The lowest BCUT2D eigenvalue weighted by molar-refractivity contribution is 0.157. The van der Waals surface area contributed by atoms with Crippen molar-refractivity contribution in [1.82, 2.24) is 10.2 Å². The van der Waals surface area contributed by atoms with E-state index in [1.54, 1.807) is 7.11 Å². The van der Waals surface area contributed by atoms with Gasteiger partial charge in [0.15, 0.2) is 5.96 Å². The molecular weight excluding hydrogens is 420 g/mol. The second-order valence-corrected chi connectivity index (χ2v) is 6.85. The fourth-order valence-electron chi connectivity index (χ4n) is 3.03. The van der Waals surface area contributed by atoms with E-state index in [-0.39, 0.29) is 35.2 Å². The summed E-state index contributed by atoms with van der Waals surface area (Å²) >= 11 is 0. The van der Waals surface area contributed by atoms with Gasteiger partial charge in [-0.15, -0.1) is 24.0 Å². The van der Waals surface area contributed by atoms with Crippen molar-refractivity contribution >= 4 is 29.9 Å². The first-order valence-corrected chi connectivity index (χ1v) is 8.17. The van der Waals surface area contributed by atoms with Crippen molar-refractivity contribution in [3.63, 3.8) is 0 Å². The number of nitrogens with one attached hydrogen (secondary N) is 1. The summed E-state index contributed by atoms with van der Waals surface area (Å²) in [6.45, 7) is 7.83. The molecule has 2 rings (SSSR count). The van der Waals surface area contributed by atoms with Crippen molar-refractivity contribution in [2.45, 2.75) is 25.7 Å². The van der Waals surface area contributed by atoms with Crippen molar-refractivity contribution < 1.29 is 9.13 Å². The molecule has 0 saturated carbocycles. The summed E-state index contributed by atoms with van der Waals surface area (Å²) in [6.07, 6.45) is 1.13. The van der Waals surface area contributed by atoms with E-state index in [1.165, 1.54) is 12.1 Å². The molecule has 1 unspecified atom stereocenters. The third-order valence-electron chi connectivity index (χ3n) is 4.51. The molecule has 0 amide bonds. The van der Waals surface area contributed by atoms with Gasteiger partial charge in [-0.3, -0.25) is 4.99 Å². The summed E-state index contributed by atoms with van der Waals surface area (Å²) < 4.78 is 18.3. The van der Waals surface area contributed by atoms with Gasteiger partial charge in [0.05, 0.1) is 6.61 Å². The van der Waals surface area contributed by atoms with Gasteiger partial charge >= 0.3 is 0 Å². The largest absolute Gasteiger partial charge is 0.384 e. The molecule has 4 nitrogen and oxygen atoms in total. The minimum absolute atomic E-state index is 0. The van der Waals surface area contributed by atoms with Crippen molar-refractivity contribution in [1.29, 1.82) is 0 Å². The fraction of sp³-hybridized carbons (Fsp3) is 0.611. The standard InChI is InChI=1S/C18H28FN3O.HI/c1-18(2,15-5-7-16(19)8-6-15)13-21-17(20-3)22-10-9-14(11-22)12-23-4;/h5-8,14H,9-13H2,1-4H3,(H,20,21);1H. The lowest BCUT2D eigenvalue weighted by Gasteiger charge is -2.29. The molecule has 1 atom stereocenters. The lowest BCUT2D eigenvalue weighted by atomic mass is 9.84. The highest BCUT2D eigenvalue weighted by molar-refractivity contribution is 14.0. The Bertz CT molecular complexity index is 534. The van der Waals surface area contributed by atoms with Crippen LogP contribution in [0.15, 0.2) is 29.3 Å². The van der Waals surface area contributed by atoms with Crippen molar-refractivity contribution in [3.05, 3.63) is 35.6 Å². The van der Waals surface area contributed by atoms with Gasteiger partial charge in [0, 0.05) is 45.1 Å². The lowest BCUT2D eigenvalue weighted by Crippen LogP contribution is -2.45. The van der Waals surface area contributed by atoms with Crippen LogP contribution in [0.3, 0.4) is 0 Å². The molecule has 24 heavy (non-hydrogen) atoms. The second kappa shape index (κ2) is 9.56. The fourth-order valence-corrected chi connectivity index (χ4v) is 3.03. The van der Waals surface area contributed by atoms with Crippen molar-refractivity contribution in [3.8, 4) is 0 Å². The molecule has 0 aliphatic carbocycles. The normalized spacial score (nSPS) is 18.5. The highest BCUT2D eigenvalue weighted by Gasteiger charge is 2.26. The third kappa shape index (κ3) is 5.58. The van der Waals surface area contributed by atoms with Crippen LogP contribution in [0.25, 0.3) is 0 Å². The number of benzene rings is 1. The van der Waals surface area contributed by atoms with Gasteiger partial charge in [-0.05, 0) is 24.1 Å². The number of halogens is 2. The maximum absolute atomic E-state index is 13.1. The number of nitrogens with zero attached hydrogens (tertiary/aromatic N) is 2. The molecule has 0 radical (unpaired) electrons. The number of guanidine groups is 1. The highest BCUT2D eigenvalue weighted by atomic mass is 127. The molecule has 1 aromatic rings. The van der Waals surface area contributed by atoms with Crippen LogP contribution < -0.4 is 5.32 Å². The maximum atomic E-state index is 13.1. The van der Waals surface area contributed by atoms with Gasteiger partial charge in [0.25, 0.3) is 0 Å². The molecule has 136 valence electrons. The predicted octanol–water partition coefficient (Wildman–Crippen LogP) is 3.27. The van der Waals surface area contributed by atoms with Crippen LogP contribution in [0.4, 0.5) is 4.39 Å². The van der Waals surface area contributed by atoms with E-state index in [0.717, 1.165) is 44.2 Å². The topological polar surface area (TPSA) is 36.9 Å². The summed E-state index contributed by atoms with van der Waals surface area (Å²) in [5.74, 6) is 1.30. The first-order valence-electron chi connectivity index (χ1n) is 8.17. The Morgan fingerprint density at radius 3 is 2.62 bits per heavy atom. The van der Waals surface area contributed by atoms with Crippen LogP contribution in [-0.4, -0.2) is 51.3 Å². The average Bonchev–Trinajstić information content (AvgIpc) is 2.97. The zero-order valence-electron chi connectivity index (χ0n) is 15.0. The van der Waals surface area contributed by atoms with Crippen molar-refractivity contribution in [2.75, 3.05) is 40.4 Å². The molecular formula is C18H29FIN3O. The molecule has 6 heteroatoms. The Morgan fingerprint density at radius 2 is 2.04 bits per heavy atom. The van der Waals surface area contributed by atoms with Crippen LogP contribution in [0.2, 0.25) is 0 Å². The van der Waals surface area contributed by atoms with E-state index in [2.05, 4.69) is 29.1 Å². The minimum Gasteiger partial charge on any atom is -0.384 e. The SMILES string of the molecule is CN=C(NCC(C)(C)c1ccc(F)cc1)N1CCC(COC)C1.I. The molecule has 0 bridgehead atoms. The van der Waals surface area contributed by atoms with Gasteiger partial charge in [0.2, 0.25) is 0 Å². The molecule has 0 aromatic heterocycles. The van der Waals surface area contributed by atoms with E-state index >= 15 is 0 Å². The zero-order valence-corrected chi connectivity index (χ0v) is 17.3. The van der Waals surface area contributed by atoms with E-state index in [1.807, 2.05) is 19.2 Å². The highest BCUT2D eigenvalue weighted by Crippen LogP contribution is 2.23. The van der Waals surface area contributed by atoms with Gasteiger partial charge in [0.1, 0.15) is 5.82 Å². The summed E-state index contributed by atoms with van der Waals surface area (Å²) in [5.41, 5.74) is 1.01. The van der Waals surface area contributed by atoms with E-state index < -0.39 is 0 Å². The average molecular weight is 449 g/mol. The summed E-state index contributed by atoms with van der Waals surface area (Å²) in [6, 6.07) is 6.73. The number of methoxy groups -OCH3 is 1. The number of ether oxygens (including phenoxy) is 1. The van der Waals surface area contributed by atoms with E-state index in [9.17, 15) is 4.39 Å². The van der Waals surface area contributed by atoms with Gasteiger partial charge in [-0.1, -0.05) is 26.0 Å². The first kappa shape index (κ1) is 21.2. The molecule has 0 spiro atoms. The zero-order chi connectivity index (χ0) is 16.9. The number of aliphatic imine (C=N–C) groups is 1. The van der Waals surface area contributed by atoms with Gasteiger partial charge < -0.3 is 15.0 Å². The molecule has 1 saturated heterocycles. The number of likely N-dealkylation sites (tertiary alicyclic amines) is 1. The second-order valence-electron chi connectivity index (χ2n) is 6.85. The smallest absolute Gasteiger partial charge is 0.193 e. The molecule has 1 heterocycles. The summed E-state index contributed by atoms with van der Waals surface area (Å²) in [4.78, 5) is 6.69. The Balaban J connectivity index is 0.00000288. The van der Waals surface area contributed by atoms with Crippen LogP contribution in [0.5, 0.6) is 0 Å². The number of hydrogen-bond acceptors (Lipinski definition) is 2. The first-order chi connectivity index (χ1) is 11.0. The Hall–Kier alpha value is -0.890. The molecule has 1 aliphatic heterocycles. The molecule has 1 N–H and O–H groups in total. The molecule has 1 fully saturated rings. The maximum Gasteiger partial charge on any atom is 0.193 e. The summed E-state index contributed by atoms with van der Waals surface area (Å²) in [5, 5.41) is 3.47. The Labute approximate surface area is 161 Å². The number of rotatable bonds is 5. The third-order valence-corrected chi connectivity index (χ3v) is 4.51. The Kier molecular flexibility index (Phi) is 8.42. The van der Waals surface area contributed by atoms with Crippen molar-refractivity contribution in [2.24, 2.45) is 10.9 Å². The molecule has 1 aliphatic rings. The molecule has 1 aromatic carbocycles. The Morgan fingerprint density at radius 1 is 1.38 bits per heavy atom. The monoisotopic (exact) mass is 449 g/mol. The predicted molar refractivity (Wildman–Crippen MR) is 108 cm³/mol.